The van der Waals surface area contributed by atoms with Crippen LogP contribution in [0.5, 0.6) is 0 Å². The van der Waals surface area contributed by atoms with E-state index < -0.39 is 0 Å². The number of nitrogens with one attached hydrogen (secondary N) is 3. The van der Waals surface area contributed by atoms with Crippen LogP contribution in [-0.4, -0.2) is 27.4 Å². The molecule has 1 fully saturated rings. The average molecular weight is 342 g/mol. The van der Waals surface area contributed by atoms with Gasteiger partial charge in [-0.2, -0.15) is 0 Å². The maximum Gasteiger partial charge on any atom is 0.264 e. The molecular formula is C16H18N6OS. The van der Waals surface area contributed by atoms with Gasteiger partial charge in [-0.3, -0.25) is 4.79 Å². The van der Waals surface area contributed by atoms with E-state index in [2.05, 4.69) is 25.9 Å². The van der Waals surface area contributed by atoms with Crippen molar-refractivity contribution in [2.75, 3.05) is 17.2 Å². The normalized spacial score (nSPS) is 20.4. The maximum absolute atomic E-state index is 12.4. The minimum atomic E-state index is -0.240. The highest BCUT2D eigenvalue weighted by molar-refractivity contribution is 7.17. The van der Waals surface area contributed by atoms with E-state index in [4.69, 9.17) is 4.98 Å². The summed E-state index contributed by atoms with van der Waals surface area (Å²) in [4.78, 5) is 26.5. The molecular weight excluding hydrogens is 324 g/mol. The predicted molar refractivity (Wildman–Crippen MR) is 91.9 cm³/mol. The molecule has 4 heterocycles. The number of carbonyl (C=O) groups excluding carboxylic acids is 1. The summed E-state index contributed by atoms with van der Waals surface area (Å²) in [5, 5.41) is 10.5. The van der Waals surface area contributed by atoms with Crippen LogP contribution in [0.3, 0.4) is 0 Å². The highest BCUT2D eigenvalue weighted by Crippen LogP contribution is 2.45. The van der Waals surface area contributed by atoms with Gasteiger partial charge in [-0.1, -0.05) is 30.6 Å². The zero-order valence-electron chi connectivity index (χ0n) is 13.2. The first-order chi connectivity index (χ1) is 11.8. The summed E-state index contributed by atoms with van der Waals surface area (Å²) in [6, 6.07) is 0. The predicted octanol–water partition coefficient (Wildman–Crippen LogP) is 2.55. The molecule has 8 heteroatoms. The van der Waals surface area contributed by atoms with Crippen molar-refractivity contribution < 1.29 is 4.79 Å². The Bertz CT molecular complexity index is 826. The molecule has 3 aliphatic rings. The number of carbonyl (C=O) groups is 1. The zero-order chi connectivity index (χ0) is 16.1. The van der Waals surface area contributed by atoms with Crippen molar-refractivity contribution in [2.24, 2.45) is 0 Å². The summed E-state index contributed by atoms with van der Waals surface area (Å²) < 4.78 is 0. The molecule has 5 rings (SSSR count). The van der Waals surface area contributed by atoms with Gasteiger partial charge in [0.2, 0.25) is 0 Å². The van der Waals surface area contributed by atoms with E-state index in [0.717, 1.165) is 71.6 Å². The fourth-order valence-corrected chi connectivity index (χ4v) is 4.98. The van der Waals surface area contributed by atoms with Gasteiger partial charge in [0.25, 0.3) is 5.91 Å². The van der Waals surface area contributed by atoms with Crippen LogP contribution in [0, 0.1) is 0 Å². The number of anilines is 3. The number of nitrogens with zero attached hydrogens (tertiary/aromatic N) is 3. The van der Waals surface area contributed by atoms with E-state index in [9.17, 15) is 4.79 Å². The molecule has 7 nitrogen and oxygen atoms in total. The fourth-order valence-electron chi connectivity index (χ4n) is 4.02. The Labute approximate surface area is 143 Å². The molecule has 0 aromatic carbocycles. The third-order valence-corrected chi connectivity index (χ3v) is 6.15. The fraction of sp³-hybridized carbons (Fsp3) is 0.500. The smallest absolute Gasteiger partial charge is 0.264 e. The lowest BCUT2D eigenvalue weighted by molar-refractivity contribution is 0.0910. The largest absolute Gasteiger partial charge is 0.369 e. The second-order valence-electron chi connectivity index (χ2n) is 6.64. The Balaban J connectivity index is 1.50. The quantitative estimate of drug-likeness (QED) is 0.777. The number of amides is 1. The molecule has 2 aliphatic heterocycles. The van der Waals surface area contributed by atoms with Gasteiger partial charge in [0.1, 0.15) is 22.8 Å². The Morgan fingerprint density at radius 3 is 2.96 bits per heavy atom. The Morgan fingerprint density at radius 2 is 2.08 bits per heavy atom. The molecule has 2 aromatic heterocycles. The van der Waals surface area contributed by atoms with Crippen LogP contribution < -0.4 is 16.0 Å². The van der Waals surface area contributed by atoms with Gasteiger partial charge in [-0.15, -0.1) is 0 Å². The molecule has 2 aromatic rings. The number of hydrogen-bond donors (Lipinski definition) is 3. The van der Waals surface area contributed by atoms with Crippen LogP contribution in [-0.2, 0) is 12.0 Å². The first kappa shape index (κ1) is 14.2. The number of fused-ring (bicyclic) bond motifs is 3. The third kappa shape index (κ3) is 2.02. The molecule has 1 aliphatic carbocycles. The standard InChI is InChI=1S/C16H18N6OS/c23-14-10-11(16(22-14)5-2-1-3-6-16)20-15(24-10)21-13-9-4-7-17-12(9)18-8-19-13/h8H,1-7H2,(H,22,23)(H2,17,18,19,20,21). The van der Waals surface area contributed by atoms with Crippen molar-refractivity contribution in [2.45, 2.75) is 44.1 Å². The summed E-state index contributed by atoms with van der Waals surface area (Å²) in [5.41, 5.74) is 1.78. The second kappa shape index (κ2) is 5.14. The first-order valence-electron chi connectivity index (χ1n) is 8.44. The maximum atomic E-state index is 12.4. The number of thiazole rings is 1. The molecule has 0 bridgehead atoms. The summed E-state index contributed by atoms with van der Waals surface area (Å²) in [6.45, 7) is 0.878. The minimum absolute atomic E-state index is 0.0204. The molecule has 24 heavy (non-hydrogen) atoms. The highest BCUT2D eigenvalue weighted by atomic mass is 32.1. The molecule has 1 saturated carbocycles. The van der Waals surface area contributed by atoms with Crippen LogP contribution in [0.15, 0.2) is 6.33 Å². The number of hydrogen-bond acceptors (Lipinski definition) is 7. The summed E-state index contributed by atoms with van der Waals surface area (Å²) in [5.74, 6) is 1.70. The van der Waals surface area contributed by atoms with E-state index in [-0.39, 0.29) is 11.4 Å². The Kier molecular flexibility index (Phi) is 3.03. The van der Waals surface area contributed by atoms with Crippen molar-refractivity contribution >= 4 is 34.0 Å². The Morgan fingerprint density at radius 1 is 1.21 bits per heavy atom. The van der Waals surface area contributed by atoms with E-state index in [1.807, 2.05) is 0 Å². The van der Waals surface area contributed by atoms with Crippen LogP contribution in [0.2, 0.25) is 0 Å². The zero-order valence-corrected chi connectivity index (χ0v) is 14.0. The SMILES string of the molecule is O=C1NC2(CCCCC2)c2nc(Nc3ncnc4c3CCN4)sc21. The van der Waals surface area contributed by atoms with Gasteiger partial charge < -0.3 is 16.0 Å². The molecule has 124 valence electrons. The molecule has 0 saturated heterocycles. The summed E-state index contributed by atoms with van der Waals surface area (Å²) in [6.07, 6.45) is 7.95. The molecule has 0 radical (unpaired) electrons. The van der Waals surface area contributed by atoms with Gasteiger partial charge in [0.15, 0.2) is 5.13 Å². The molecule has 0 unspecified atom stereocenters. The van der Waals surface area contributed by atoms with E-state index in [0.29, 0.717) is 0 Å². The lowest BCUT2D eigenvalue weighted by Crippen LogP contribution is -2.41. The van der Waals surface area contributed by atoms with Crippen LogP contribution in [0.25, 0.3) is 0 Å². The monoisotopic (exact) mass is 342 g/mol. The van der Waals surface area contributed by atoms with Gasteiger partial charge in [0.05, 0.1) is 11.2 Å². The Hall–Kier alpha value is -2.22. The van der Waals surface area contributed by atoms with E-state index in [1.54, 1.807) is 6.33 Å². The number of aromatic nitrogens is 3. The van der Waals surface area contributed by atoms with Crippen molar-refractivity contribution in [1.29, 1.82) is 0 Å². The highest BCUT2D eigenvalue weighted by Gasteiger charge is 2.46. The van der Waals surface area contributed by atoms with Crippen LogP contribution in [0.1, 0.15) is 53.0 Å². The van der Waals surface area contributed by atoms with Gasteiger partial charge >= 0.3 is 0 Å². The van der Waals surface area contributed by atoms with Gasteiger partial charge in [-0.25, -0.2) is 15.0 Å². The lowest BCUT2D eigenvalue weighted by Gasteiger charge is -2.32. The van der Waals surface area contributed by atoms with Crippen molar-refractivity contribution in [3.63, 3.8) is 0 Å². The van der Waals surface area contributed by atoms with Crippen LogP contribution >= 0.6 is 11.3 Å². The van der Waals surface area contributed by atoms with Crippen molar-refractivity contribution in [1.82, 2.24) is 20.3 Å². The molecule has 1 spiro atoms. The molecule has 0 atom stereocenters. The summed E-state index contributed by atoms with van der Waals surface area (Å²) in [7, 11) is 0. The second-order valence-corrected chi connectivity index (χ2v) is 7.64. The third-order valence-electron chi connectivity index (χ3n) is 5.18. The molecule has 3 N–H and O–H groups in total. The lowest BCUT2D eigenvalue weighted by atomic mass is 9.81. The van der Waals surface area contributed by atoms with E-state index >= 15 is 0 Å². The average Bonchev–Trinajstić information content (AvgIpc) is 3.27. The topological polar surface area (TPSA) is 91.8 Å². The van der Waals surface area contributed by atoms with E-state index in [1.165, 1.54) is 17.8 Å². The van der Waals surface area contributed by atoms with Crippen molar-refractivity contribution in [3.8, 4) is 0 Å². The van der Waals surface area contributed by atoms with Crippen molar-refractivity contribution in [3.05, 3.63) is 22.5 Å². The number of rotatable bonds is 2. The first-order valence-corrected chi connectivity index (χ1v) is 9.25. The van der Waals surface area contributed by atoms with Gasteiger partial charge in [-0.05, 0) is 19.3 Å². The summed E-state index contributed by atoms with van der Waals surface area (Å²) >= 11 is 1.42. The van der Waals surface area contributed by atoms with Gasteiger partial charge in [0, 0.05) is 12.1 Å². The minimum Gasteiger partial charge on any atom is -0.369 e. The van der Waals surface area contributed by atoms with Crippen LogP contribution in [0.4, 0.5) is 16.8 Å². The molecule has 1 amide bonds.